The third kappa shape index (κ3) is 1.98. The van der Waals surface area contributed by atoms with Crippen LogP contribution in [0.4, 0.5) is 5.82 Å². The van der Waals surface area contributed by atoms with E-state index in [4.69, 9.17) is 5.73 Å². The summed E-state index contributed by atoms with van der Waals surface area (Å²) >= 11 is 0. The van der Waals surface area contributed by atoms with E-state index in [0.29, 0.717) is 0 Å². The maximum atomic E-state index is 11.5. The van der Waals surface area contributed by atoms with Crippen LogP contribution in [0.2, 0.25) is 0 Å². The topological polar surface area (TPSA) is 80.9 Å². The molecule has 16 heavy (non-hydrogen) atoms. The van der Waals surface area contributed by atoms with Crippen molar-refractivity contribution in [1.82, 2.24) is 15.3 Å². The van der Waals surface area contributed by atoms with Gasteiger partial charge in [-0.2, -0.15) is 0 Å². The standard InChI is InChI=1S/C11H16N4O/c1-13-11(16)9-10(12)15-8-6-4-2-3-5-7(8)14-9/h2-6H2,1H3,(H2,12,15)(H,13,16). The number of nitrogens with two attached hydrogens (primary N) is 1. The van der Waals surface area contributed by atoms with E-state index in [9.17, 15) is 4.79 Å². The van der Waals surface area contributed by atoms with E-state index in [-0.39, 0.29) is 17.4 Å². The van der Waals surface area contributed by atoms with Crippen LogP contribution in [0.5, 0.6) is 0 Å². The minimum atomic E-state index is -0.267. The Hall–Kier alpha value is -1.65. The van der Waals surface area contributed by atoms with Gasteiger partial charge in [-0.25, -0.2) is 9.97 Å². The van der Waals surface area contributed by atoms with Crippen LogP contribution in [-0.2, 0) is 12.8 Å². The Kier molecular flexibility index (Phi) is 3.03. The van der Waals surface area contributed by atoms with Gasteiger partial charge in [-0.05, 0) is 25.7 Å². The van der Waals surface area contributed by atoms with Crippen LogP contribution in [0, 0.1) is 0 Å². The Morgan fingerprint density at radius 3 is 2.44 bits per heavy atom. The van der Waals surface area contributed by atoms with Crippen molar-refractivity contribution in [3.63, 3.8) is 0 Å². The number of anilines is 1. The smallest absolute Gasteiger partial charge is 0.273 e. The number of fused-ring (bicyclic) bond motifs is 1. The van der Waals surface area contributed by atoms with Crippen LogP contribution in [0.25, 0.3) is 0 Å². The molecule has 1 aliphatic rings. The molecule has 1 aliphatic carbocycles. The van der Waals surface area contributed by atoms with Crippen molar-refractivity contribution in [2.45, 2.75) is 32.1 Å². The molecule has 5 heteroatoms. The van der Waals surface area contributed by atoms with Gasteiger partial charge in [0.05, 0.1) is 11.4 Å². The average Bonchev–Trinajstić information content (AvgIpc) is 2.51. The average molecular weight is 220 g/mol. The molecular weight excluding hydrogens is 204 g/mol. The summed E-state index contributed by atoms with van der Waals surface area (Å²) in [5.41, 5.74) is 7.89. The minimum absolute atomic E-state index is 0.236. The Balaban J connectivity index is 2.42. The molecule has 2 rings (SSSR count). The third-order valence-corrected chi connectivity index (χ3v) is 2.85. The molecular formula is C11H16N4O. The van der Waals surface area contributed by atoms with Crippen LogP contribution in [0.1, 0.15) is 41.1 Å². The first-order chi connectivity index (χ1) is 7.72. The number of hydrogen-bond acceptors (Lipinski definition) is 4. The fourth-order valence-corrected chi connectivity index (χ4v) is 1.97. The first-order valence-corrected chi connectivity index (χ1v) is 5.59. The zero-order valence-corrected chi connectivity index (χ0v) is 9.42. The van der Waals surface area contributed by atoms with Gasteiger partial charge in [0.1, 0.15) is 0 Å². The zero-order valence-electron chi connectivity index (χ0n) is 9.42. The second-order valence-electron chi connectivity index (χ2n) is 3.99. The predicted octanol–water partition coefficient (Wildman–Crippen LogP) is 0.687. The molecule has 0 unspecified atom stereocenters. The van der Waals surface area contributed by atoms with E-state index in [1.165, 1.54) is 6.42 Å². The first kappa shape index (κ1) is 10.9. The lowest BCUT2D eigenvalue weighted by molar-refractivity contribution is 0.0958. The summed E-state index contributed by atoms with van der Waals surface area (Å²) in [6.45, 7) is 0. The minimum Gasteiger partial charge on any atom is -0.382 e. The molecule has 0 saturated carbocycles. The molecule has 0 saturated heterocycles. The van der Waals surface area contributed by atoms with Gasteiger partial charge in [0, 0.05) is 7.05 Å². The number of carbonyl (C=O) groups excluding carboxylic acids is 1. The summed E-state index contributed by atoms with van der Waals surface area (Å²) in [4.78, 5) is 20.2. The molecule has 86 valence electrons. The maximum Gasteiger partial charge on any atom is 0.273 e. The summed E-state index contributed by atoms with van der Waals surface area (Å²) < 4.78 is 0. The summed E-state index contributed by atoms with van der Waals surface area (Å²) in [5.74, 6) is -0.0305. The first-order valence-electron chi connectivity index (χ1n) is 5.59. The second-order valence-corrected chi connectivity index (χ2v) is 3.99. The molecule has 0 atom stereocenters. The van der Waals surface area contributed by atoms with Crippen molar-refractivity contribution in [3.05, 3.63) is 17.1 Å². The Morgan fingerprint density at radius 1 is 1.19 bits per heavy atom. The van der Waals surface area contributed by atoms with Crippen LogP contribution in [-0.4, -0.2) is 22.9 Å². The monoisotopic (exact) mass is 220 g/mol. The second kappa shape index (κ2) is 4.47. The largest absolute Gasteiger partial charge is 0.382 e. The molecule has 1 heterocycles. The van der Waals surface area contributed by atoms with Gasteiger partial charge in [-0.15, -0.1) is 0 Å². The van der Waals surface area contributed by atoms with Crippen LogP contribution in [0.3, 0.4) is 0 Å². The molecule has 0 aliphatic heterocycles. The van der Waals surface area contributed by atoms with Crippen molar-refractivity contribution in [1.29, 1.82) is 0 Å². The van der Waals surface area contributed by atoms with Crippen LogP contribution in [0.15, 0.2) is 0 Å². The molecule has 3 N–H and O–H groups in total. The van der Waals surface area contributed by atoms with Crippen molar-refractivity contribution >= 4 is 11.7 Å². The molecule has 0 radical (unpaired) electrons. The molecule has 1 amide bonds. The number of rotatable bonds is 1. The van der Waals surface area contributed by atoms with Crippen molar-refractivity contribution in [2.75, 3.05) is 12.8 Å². The van der Waals surface area contributed by atoms with Gasteiger partial charge in [0.25, 0.3) is 5.91 Å². The lowest BCUT2D eigenvalue weighted by atomic mass is 10.2. The van der Waals surface area contributed by atoms with Crippen molar-refractivity contribution in [3.8, 4) is 0 Å². The highest BCUT2D eigenvalue weighted by molar-refractivity contribution is 5.96. The van der Waals surface area contributed by atoms with Gasteiger partial charge in [0.15, 0.2) is 11.5 Å². The number of aromatic nitrogens is 2. The van der Waals surface area contributed by atoms with Gasteiger partial charge in [0.2, 0.25) is 0 Å². The van der Waals surface area contributed by atoms with E-state index in [2.05, 4.69) is 15.3 Å². The number of nitrogens with zero attached hydrogens (tertiary/aromatic N) is 2. The van der Waals surface area contributed by atoms with E-state index >= 15 is 0 Å². The van der Waals surface area contributed by atoms with Crippen LogP contribution >= 0.6 is 0 Å². The highest BCUT2D eigenvalue weighted by Crippen LogP contribution is 2.19. The summed E-state index contributed by atoms with van der Waals surface area (Å²) in [6, 6.07) is 0. The molecule has 0 aromatic carbocycles. The molecule has 5 nitrogen and oxygen atoms in total. The van der Waals surface area contributed by atoms with Gasteiger partial charge in [-0.3, -0.25) is 4.79 Å². The van der Waals surface area contributed by atoms with Gasteiger partial charge >= 0.3 is 0 Å². The van der Waals surface area contributed by atoms with E-state index < -0.39 is 0 Å². The van der Waals surface area contributed by atoms with E-state index in [1.807, 2.05) is 0 Å². The Labute approximate surface area is 94.5 Å². The SMILES string of the molecule is CNC(=O)c1nc2c(nc1N)CCCCC2. The van der Waals surface area contributed by atoms with E-state index in [0.717, 1.165) is 37.1 Å². The molecule has 0 bridgehead atoms. The Bertz CT molecular complexity index is 417. The number of aryl methyl sites for hydroxylation is 2. The van der Waals surface area contributed by atoms with E-state index in [1.54, 1.807) is 7.05 Å². The zero-order chi connectivity index (χ0) is 11.5. The number of nitrogens with one attached hydrogen (secondary N) is 1. The highest BCUT2D eigenvalue weighted by atomic mass is 16.1. The normalized spacial score (nSPS) is 15.1. The predicted molar refractivity (Wildman–Crippen MR) is 61.1 cm³/mol. The third-order valence-electron chi connectivity index (χ3n) is 2.85. The fourth-order valence-electron chi connectivity index (χ4n) is 1.97. The summed E-state index contributed by atoms with van der Waals surface area (Å²) in [5, 5.41) is 2.52. The van der Waals surface area contributed by atoms with Crippen molar-refractivity contribution in [2.24, 2.45) is 0 Å². The number of nitrogen functional groups attached to an aromatic ring is 1. The lowest BCUT2D eigenvalue weighted by Crippen LogP contribution is -2.23. The number of amides is 1. The molecule has 1 aromatic heterocycles. The maximum absolute atomic E-state index is 11.5. The molecule has 0 fully saturated rings. The van der Waals surface area contributed by atoms with Crippen molar-refractivity contribution < 1.29 is 4.79 Å². The van der Waals surface area contributed by atoms with Crippen LogP contribution < -0.4 is 11.1 Å². The quantitative estimate of drug-likeness (QED) is 0.682. The highest BCUT2D eigenvalue weighted by Gasteiger charge is 2.17. The fraction of sp³-hybridized carbons (Fsp3) is 0.545. The molecule has 0 spiro atoms. The summed E-state index contributed by atoms with van der Waals surface area (Å²) in [6.07, 6.45) is 5.24. The Morgan fingerprint density at radius 2 is 1.81 bits per heavy atom. The summed E-state index contributed by atoms with van der Waals surface area (Å²) in [7, 11) is 1.56. The number of carbonyl (C=O) groups is 1. The van der Waals surface area contributed by atoms with Gasteiger partial charge < -0.3 is 11.1 Å². The molecule has 1 aromatic rings. The lowest BCUT2D eigenvalue weighted by Gasteiger charge is -2.08. The van der Waals surface area contributed by atoms with Gasteiger partial charge in [-0.1, -0.05) is 6.42 Å². The number of hydrogen-bond donors (Lipinski definition) is 2.